The predicted molar refractivity (Wildman–Crippen MR) is 117 cm³/mol. The number of rotatable bonds is 6. The summed E-state index contributed by atoms with van der Waals surface area (Å²) in [7, 11) is -4.06. The molecule has 0 saturated heterocycles. The molecule has 0 aliphatic carbocycles. The van der Waals surface area contributed by atoms with Gasteiger partial charge in [-0.3, -0.25) is 10.0 Å². The van der Waals surface area contributed by atoms with Crippen molar-refractivity contribution in [2.45, 2.75) is 30.7 Å². The third-order valence-electron chi connectivity index (χ3n) is 5.47. The lowest BCUT2D eigenvalue weighted by Crippen LogP contribution is -2.46. The number of carbonyl (C=O) groups is 1. The first-order chi connectivity index (χ1) is 15.4. The first-order valence-corrected chi connectivity index (χ1v) is 11.6. The van der Waals surface area contributed by atoms with E-state index in [9.17, 15) is 18.4 Å². The van der Waals surface area contributed by atoms with E-state index in [1.807, 2.05) is 36.4 Å². The number of sulfonamides is 1. The molecule has 1 aromatic heterocycles. The molecule has 9 heteroatoms. The molecule has 2 aromatic carbocycles. The number of hydrogen-bond acceptors (Lipinski definition) is 6. The minimum atomic E-state index is -4.06. The SMILES string of the molecule is CCc1ccc(Oc2ccc(S(=O)(=O)N3CCc4ccccc4C3C(=O)NO)cn2)cc1. The van der Waals surface area contributed by atoms with Gasteiger partial charge in [0.25, 0.3) is 5.91 Å². The number of ether oxygens (including phenoxy) is 1. The second-order valence-electron chi connectivity index (χ2n) is 7.37. The van der Waals surface area contributed by atoms with E-state index in [4.69, 9.17) is 4.74 Å². The number of fused-ring (bicyclic) bond motifs is 1. The van der Waals surface area contributed by atoms with Gasteiger partial charge in [-0.25, -0.2) is 18.9 Å². The lowest BCUT2D eigenvalue weighted by molar-refractivity contribution is -0.133. The van der Waals surface area contributed by atoms with Gasteiger partial charge in [-0.15, -0.1) is 0 Å². The molecule has 1 unspecified atom stereocenters. The second-order valence-corrected chi connectivity index (χ2v) is 9.27. The Morgan fingerprint density at radius 3 is 2.56 bits per heavy atom. The molecular weight excluding hydrogens is 430 g/mol. The lowest BCUT2D eigenvalue weighted by atomic mass is 9.94. The Kier molecular flexibility index (Phi) is 6.22. The summed E-state index contributed by atoms with van der Waals surface area (Å²) in [4.78, 5) is 16.5. The third kappa shape index (κ3) is 4.22. The highest BCUT2D eigenvalue weighted by Gasteiger charge is 2.40. The van der Waals surface area contributed by atoms with Crippen LogP contribution in [0.4, 0.5) is 0 Å². The molecule has 32 heavy (non-hydrogen) atoms. The highest BCUT2D eigenvalue weighted by Crippen LogP contribution is 2.34. The fraction of sp³-hybridized carbons (Fsp3) is 0.217. The third-order valence-corrected chi connectivity index (χ3v) is 7.32. The molecule has 8 nitrogen and oxygen atoms in total. The van der Waals surface area contributed by atoms with Gasteiger partial charge in [0.05, 0.1) is 6.20 Å². The Balaban J connectivity index is 1.60. The normalized spacial score (nSPS) is 16.2. The number of pyridine rings is 1. The van der Waals surface area contributed by atoms with E-state index in [-0.39, 0.29) is 17.3 Å². The smallest absolute Gasteiger partial charge is 0.266 e. The van der Waals surface area contributed by atoms with Gasteiger partial charge in [-0.1, -0.05) is 43.3 Å². The minimum absolute atomic E-state index is 0.0682. The standard InChI is InChI=1S/C23H23N3O5S/c1-2-16-7-9-18(10-8-16)31-21-12-11-19(15-24-21)32(29,30)26-14-13-17-5-3-4-6-20(17)22(26)23(27)25-28/h3-12,15,22,28H,2,13-14H2,1H3,(H,25,27). The summed E-state index contributed by atoms with van der Waals surface area (Å²) in [6.45, 7) is 2.16. The van der Waals surface area contributed by atoms with Crippen LogP contribution in [-0.2, 0) is 27.7 Å². The second kappa shape index (κ2) is 9.07. The number of amides is 1. The van der Waals surface area contributed by atoms with E-state index >= 15 is 0 Å². The van der Waals surface area contributed by atoms with E-state index < -0.39 is 22.0 Å². The Bertz CT molecular complexity index is 1210. The Labute approximate surface area is 186 Å². The average molecular weight is 454 g/mol. The van der Waals surface area contributed by atoms with Crippen LogP contribution in [0.5, 0.6) is 11.6 Å². The molecule has 0 radical (unpaired) electrons. The molecule has 1 aliphatic heterocycles. The Morgan fingerprint density at radius 2 is 1.91 bits per heavy atom. The van der Waals surface area contributed by atoms with Crippen molar-refractivity contribution in [1.29, 1.82) is 0 Å². The molecule has 0 spiro atoms. The van der Waals surface area contributed by atoms with Crippen LogP contribution in [0.3, 0.4) is 0 Å². The van der Waals surface area contributed by atoms with Gasteiger partial charge in [0.1, 0.15) is 16.7 Å². The van der Waals surface area contributed by atoms with Crippen molar-refractivity contribution in [2.24, 2.45) is 0 Å². The minimum Gasteiger partial charge on any atom is -0.439 e. The van der Waals surface area contributed by atoms with Crippen LogP contribution in [0.1, 0.15) is 29.7 Å². The average Bonchev–Trinajstić information content (AvgIpc) is 2.83. The zero-order valence-corrected chi connectivity index (χ0v) is 18.2. The quantitative estimate of drug-likeness (QED) is 0.438. The Morgan fingerprint density at radius 1 is 1.16 bits per heavy atom. The number of nitrogens with one attached hydrogen (secondary N) is 1. The molecule has 0 bridgehead atoms. The van der Waals surface area contributed by atoms with Crippen molar-refractivity contribution in [3.05, 3.63) is 83.6 Å². The summed E-state index contributed by atoms with van der Waals surface area (Å²) in [5.74, 6) is 0.0311. The number of benzene rings is 2. The predicted octanol–water partition coefficient (Wildman–Crippen LogP) is 3.23. The maximum atomic E-state index is 13.4. The zero-order chi connectivity index (χ0) is 22.7. The number of carbonyl (C=O) groups excluding carboxylic acids is 1. The molecule has 1 amide bonds. The molecule has 0 fully saturated rings. The Hall–Kier alpha value is -3.27. The number of hydroxylamine groups is 1. The first-order valence-electron chi connectivity index (χ1n) is 10.2. The van der Waals surface area contributed by atoms with Crippen molar-refractivity contribution in [3.8, 4) is 11.6 Å². The summed E-state index contributed by atoms with van der Waals surface area (Å²) in [6.07, 6.45) is 2.58. The van der Waals surface area contributed by atoms with Gasteiger partial charge in [0, 0.05) is 12.6 Å². The van der Waals surface area contributed by atoms with Gasteiger partial charge in [0.15, 0.2) is 0 Å². The van der Waals surface area contributed by atoms with Gasteiger partial charge >= 0.3 is 0 Å². The van der Waals surface area contributed by atoms with Gasteiger partial charge in [0.2, 0.25) is 15.9 Å². The molecule has 3 aromatic rings. The number of aromatic nitrogens is 1. The van der Waals surface area contributed by atoms with E-state index in [1.165, 1.54) is 23.9 Å². The van der Waals surface area contributed by atoms with E-state index in [0.717, 1.165) is 16.3 Å². The van der Waals surface area contributed by atoms with Crippen LogP contribution in [0, 0.1) is 0 Å². The largest absolute Gasteiger partial charge is 0.439 e. The van der Waals surface area contributed by atoms with Gasteiger partial charge in [-0.05, 0) is 47.7 Å². The van der Waals surface area contributed by atoms with E-state index in [1.54, 1.807) is 17.6 Å². The highest BCUT2D eigenvalue weighted by atomic mass is 32.2. The van der Waals surface area contributed by atoms with Gasteiger partial charge in [-0.2, -0.15) is 4.31 Å². The zero-order valence-electron chi connectivity index (χ0n) is 17.4. The molecule has 2 N–H and O–H groups in total. The fourth-order valence-corrected chi connectivity index (χ4v) is 5.28. The maximum Gasteiger partial charge on any atom is 0.266 e. The molecular formula is C23H23N3O5S. The maximum absolute atomic E-state index is 13.4. The summed E-state index contributed by atoms with van der Waals surface area (Å²) in [5, 5.41) is 9.23. The fourth-order valence-electron chi connectivity index (χ4n) is 3.76. The van der Waals surface area contributed by atoms with Gasteiger partial charge < -0.3 is 4.74 Å². The summed E-state index contributed by atoms with van der Waals surface area (Å²) in [6, 6.07) is 16.3. The molecule has 166 valence electrons. The van der Waals surface area contributed by atoms with Crippen LogP contribution < -0.4 is 10.2 Å². The topological polar surface area (TPSA) is 109 Å². The lowest BCUT2D eigenvalue weighted by Gasteiger charge is -2.34. The molecule has 2 heterocycles. The van der Waals surface area contributed by atoms with Crippen molar-refractivity contribution < 1.29 is 23.2 Å². The molecule has 1 aliphatic rings. The molecule has 0 saturated carbocycles. The number of nitrogens with zero attached hydrogens (tertiary/aromatic N) is 2. The van der Waals surface area contributed by atoms with E-state index in [0.29, 0.717) is 17.7 Å². The van der Waals surface area contributed by atoms with Crippen LogP contribution >= 0.6 is 0 Å². The van der Waals surface area contributed by atoms with Crippen LogP contribution in [0.15, 0.2) is 71.8 Å². The summed E-state index contributed by atoms with van der Waals surface area (Å²) < 4.78 is 33.5. The van der Waals surface area contributed by atoms with E-state index in [2.05, 4.69) is 11.9 Å². The summed E-state index contributed by atoms with van der Waals surface area (Å²) >= 11 is 0. The van der Waals surface area contributed by atoms with Crippen molar-refractivity contribution in [1.82, 2.24) is 14.8 Å². The van der Waals surface area contributed by atoms with Crippen molar-refractivity contribution >= 4 is 15.9 Å². The number of hydrogen-bond donors (Lipinski definition) is 2. The summed E-state index contributed by atoms with van der Waals surface area (Å²) in [5.41, 5.74) is 4.17. The molecule has 4 rings (SSSR count). The van der Waals surface area contributed by atoms with Crippen LogP contribution in [0.25, 0.3) is 0 Å². The molecule has 1 atom stereocenters. The van der Waals surface area contributed by atoms with Crippen LogP contribution in [-0.4, -0.2) is 35.4 Å². The highest BCUT2D eigenvalue weighted by molar-refractivity contribution is 7.89. The van der Waals surface area contributed by atoms with Crippen molar-refractivity contribution in [2.75, 3.05) is 6.54 Å². The monoisotopic (exact) mass is 453 g/mol. The number of aryl methyl sites for hydroxylation is 1. The van der Waals surface area contributed by atoms with Crippen molar-refractivity contribution in [3.63, 3.8) is 0 Å². The first kappa shape index (κ1) is 21.9. The van der Waals surface area contributed by atoms with Crippen LogP contribution in [0.2, 0.25) is 0 Å².